The van der Waals surface area contributed by atoms with Gasteiger partial charge in [0.15, 0.2) is 0 Å². The van der Waals surface area contributed by atoms with Crippen LogP contribution >= 0.6 is 0 Å². The van der Waals surface area contributed by atoms with Crippen molar-refractivity contribution in [1.82, 2.24) is 49.1 Å². The van der Waals surface area contributed by atoms with E-state index in [4.69, 9.17) is 9.97 Å². The van der Waals surface area contributed by atoms with Gasteiger partial charge in [0.05, 0.1) is 79.3 Å². The SMILES string of the molecule is Cc1[nH]n(-c2ccccc2)c(=O)c1C(c1ccc2ccc3ccc(C(c4c(C)[nH]n(-c5ccccc5)c4=O)c4c(C)[nH]n(-c5ccccc5)c4=O)nc3c2n1)c1c(C)[nH]n(-c2ccccc2)c1=O. The lowest BCUT2D eigenvalue weighted by molar-refractivity contribution is 0.828. The number of fused-ring (bicyclic) bond motifs is 3. The van der Waals surface area contributed by atoms with E-state index in [1.807, 2.05) is 185 Å². The van der Waals surface area contributed by atoms with E-state index in [1.54, 1.807) is 0 Å². The highest BCUT2D eigenvalue weighted by Gasteiger charge is 2.34. The Balaban J connectivity index is 1.15. The third-order valence-electron chi connectivity index (χ3n) is 12.8. The number of hydrogen-bond donors (Lipinski definition) is 4. The minimum Gasteiger partial charge on any atom is -0.295 e. The smallest absolute Gasteiger partial charge is 0.275 e. The Hall–Kier alpha value is -9.04. The predicted octanol–water partition coefficient (Wildman–Crippen LogP) is 8.29. The first-order valence-electron chi connectivity index (χ1n) is 22.3. The second-order valence-corrected chi connectivity index (χ2v) is 17.1. The first-order chi connectivity index (χ1) is 33.1. The molecule has 0 aliphatic carbocycles. The van der Waals surface area contributed by atoms with Crippen molar-refractivity contribution in [3.63, 3.8) is 0 Å². The van der Waals surface area contributed by atoms with E-state index in [0.717, 1.165) is 10.8 Å². The number of aromatic amines is 4. The van der Waals surface area contributed by atoms with Gasteiger partial charge in [0.1, 0.15) is 0 Å². The summed E-state index contributed by atoms with van der Waals surface area (Å²) in [6.07, 6.45) is 0. The van der Waals surface area contributed by atoms with Crippen LogP contribution in [-0.2, 0) is 0 Å². The van der Waals surface area contributed by atoms with Crippen LogP contribution in [0, 0.1) is 27.7 Å². The van der Waals surface area contributed by atoms with E-state index >= 15 is 0 Å². The average molecular weight is 897 g/mol. The van der Waals surface area contributed by atoms with Crippen LogP contribution < -0.4 is 22.2 Å². The Labute approximate surface area is 387 Å². The van der Waals surface area contributed by atoms with Crippen molar-refractivity contribution in [1.29, 1.82) is 0 Å². The fourth-order valence-corrected chi connectivity index (χ4v) is 9.63. The molecule has 14 nitrogen and oxygen atoms in total. The molecule has 0 fully saturated rings. The van der Waals surface area contributed by atoms with Gasteiger partial charge < -0.3 is 0 Å². The zero-order valence-corrected chi connectivity index (χ0v) is 37.5. The third-order valence-corrected chi connectivity index (χ3v) is 12.8. The summed E-state index contributed by atoms with van der Waals surface area (Å²) in [6, 6.07) is 48.6. The summed E-state index contributed by atoms with van der Waals surface area (Å²) in [7, 11) is 0. The standard InChI is InChI=1S/C54H44N10O4/c1-31-43(51(65)61(57-31)37-17-9-5-10-18-37)47(44-32(2)58-62(52(44)66)38-19-11-6-12-20-38)41-29-27-35-25-26-36-28-30-42(56-50(36)49(35)55-41)48(45-33(3)59-63(53(45)67)39-21-13-7-14-22-39)46-34(4)60-64(54(46)68)40-23-15-8-16-24-40/h5-30,47-48,57-60H,1-4H3. The molecule has 4 N–H and O–H groups in total. The molecule has 68 heavy (non-hydrogen) atoms. The molecule has 0 unspecified atom stereocenters. The van der Waals surface area contributed by atoms with Crippen LogP contribution in [0.15, 0.2) is 177 Å². The largest absolute Gasteiger partial charge is 0.295 e. The van der Waals surface area contributed by atoms with Gasteiger partial charge in [0.25, 0.3) is 22.2 Å². The van der Waals surface area contributed by atoms with Gasteiger partial charge >= 0.3 is 0 Å². The van der Waals surface area contributed by atoms with Gasteiger partial charge in [-0.2, -0.15) is 0 Å². The Morgan fingerprint density at radius 2 is 0.574 bits per heavy atom. The van der Waals surface area contributed by atoms with Crippen molar-refractivity contribution in [2.45, 2.75) is 39.5 Å². The number of hydrogen-bond acceptors (Lipinski definition) is 6. The normalized spacial score (nSPS) is 11.7. The molecule has 0 atom stereocenters. The first-order valence-corrected chi connectivity index (χ1v) is 22.3. The molecule has 14 heteroatoms. The predicted molar refractivity (Wildman–Crippen MR) is 263 cm³/mol. The molecule has 5 aromatic carbocycles. The zero-order valence-electron chi connectivity index (χ0n) is 37.5. The van der Waals surface area contributed by atoms with Crippen LogP contribution in [0.4, 0.5) is 0 Å². The fraction of sp³-hybridized carbons (Fsp3) is 0.111. The summed E-state index contributed by atoms with van der Waals surface area (Å²) >= 11 is 0. The lowest BCUT2D eigenvalue weighted by Crippen LogP contribution is -2.26. The molecule has 6 heterocycles. The molecular weight excluding hydrogens is 853 g/mol. The van der Waals surface area contributed by atoms with Gasteiger partial charge in [0.2, 0.25) is 0 Å². The molecule has 0 bridgehead atoms. The highest BCUT2D eigenvalue weighted by atomic mass is 16.1. The highest BCUT2D eigenvalue weighted by molar-refractivity contribution is 6.02. The minimum atomic E-state index is -0.925. The van der Waals surface area contributed by atoms with Crippen molar-refractivity contribution in [3.8, 4) is 22.7 Å². The van der Waals surface area contributed by atoms with E-state index in [2.05, 4.69) is 20.4 Å². The van der Waals surface area contributed by atoms with E-state index in [0.29, 0.717) is 90.2 Å². The molecule has 0 radical (unpaired) electrons. The van der Waals surface area contributed by atoms with Gasteiger partial charge in [-0.15, -0.1) is 0 Å². The van der Waals surface area contributed by atoms with Gasteiger partial charge in [-0.3, -0.25) is 39.6 Å². The topological polar surface area (TPSA) is 177 Å². The van der Waals surface area contributed by atoms with Gasteiger partial charge in [-0.05, 0) is 88.4 Å². The van der Waals surface area contributed by atoms with Gasteiger partial charge in [0, 0.05) is 33.5 Å². The Morgan fingerprint density at radius 3 is 0.824 bits per heavy atom. The van der Waals surface area contributed by atoms with Crippen molar-refractivity contribution in [2.75, 3.05) is 0 Å². The number of nitrogens with one attached hydrogen (secondary N) is 4. The number of H-pyrrole nitrogens is 4. The molecule has 0 spiro atoms. The molecular formula is C54H44N10O4. The maximum Gasteiger partial charge on any atom is 0.275 e. The number of para-hydroxylation sites is 4. The van der Waals surface area contributed by atoms with E-state index in [9.17, 15) is 19.2 Å². The highest BCUT2D eigenvalue weighted by Crippen LogP contribution is 2.36. The molecule has 0 saturated carbocycles. The summed E-state index contributed by atoms with van der Waals surface area (Å²) < 4.78 is 5.96. The van der Waals surface area contributed by atoms with Gasteiger partial charge in [-0.25, -0.2) is 28.7 Å². The molecule has 0 saturated heterocycles. The van der Waals surface area contributed by atoms with Crippen molar-refractivity contribution in [3.05, 3.63) is 256 Å². The van der Waals surface area contributed by atoms with E-state index in [-0.39, 0.29) is 22.2 Å². The Bertz CT molecular complexity index is 3490. The second-order valence-electron chi connectivity index (χ2n) is 17.1. The van der Waals surface area contributed by atoms with E-state index in [1.165, 1.54) is 18.7 Å². The first kappa shape index (κ1) is 41.7. The van der Waals surface area contributed by atoms with Gasteiger partial charge in [-0.1, -0.05) is 97.1 Å². The van der Waals surface area contributed by atoms with Crippen LogP contribution in [0.3, 0.4) is 0 Å². The molecule has 6 aromatic heterocycles. The molecule has 11 rings (SSSR count). The van der Waals surface area contributed by atoms with Crippen LogP contribution in [0.2, 0.25) is 0 Å². The van der Waals surface area contributed by atoms with Crippen LogP contribution in [0.1, 0.15) is 68.3 Å². The van der Waals surface area contributed by atoms with Crippen LogP contribution in [0.5, 0.6) is 0 Å². The Morgan fingerprint density at radius 1 is 0.338 bits per heavy atom. The monoisotopic (exact) mass is 896 g/mol. The van der Waals surface area contributed by atoms with Crippen LogP contribution in [-0.4, -0.2) is 49.1 Å². The number of aryl methyl sites for hydroxylation is 4. The molecule has 0 aliphatic heterocycles. The van der Waals surface area contributed by atoms with Crippen LogP contribution in [0.25, 0.3) is 44.6 Å². The molecule has 0 amide bonds. The second kappa shape index (κ2) is 16.4. The third kappa shape index (κ3) is 6.80. The summed E-state index contributed by atoms with van der Waals surface area (Å²) in [5, 5.41) is 14.6. The number of pyridine rings is 2. The number of nitrogens with zero attached hydrogens (tertiary/aromatic N) is 6. The quantitative estimate of drug-likeness (QED) is 0.100. The maximum atomic E-state index is 14.8. The van der Waals surface area contributed by atoms with Crippen molar-refractivity contribution >= 4 is 21.8 Å². The van der Waals surface area contributed by atoms with E-state index < -0.39 is 11.8 Å². The average Bonchev–Trinajstić information content (AvgIpc) is 4.05. The number of aromatic nitrogens is 10. The molecule has 11 aromatic rings. The summed E-state index contributed by atoms with van der Waals surface area (Å²) in [5.41, 5.74) is 6.97. The minimum absolute atomic E-state index is 0.320. The summed E-state index contributed by atoms with van der Waals surface area (Å²) in [4.78, 5) is 69.7. The molecule has 334 valence electrons. The fourth-order valence-electron chi connectivity index (χ4n) is 9.63. The number of rotatable bonds is 10. The lowest BCUT2D eigenvalue weighted by Gasteiger charge is -2.17. The summed E-state index contributed by atoms with van der Waals surface area (Å²) in [6.45, 7) is 7.31. The number of benzene rings is 5. The maximum absolute atomic E-state index is 14.8. The van der Waals surface area contributed by atoms with Crippen molar-refractivity contribution < 1.29 is 0 Å². The molecule has 0 aliphatic rings. The van der Waals surface area contributed by atoms with Crippen molar-refractivity contribution in [2.24, 2.45) is 0 Å². The Kier molecular flexibility index (Phi) is 10.1. The lowest BCUT2D eigenvalue weighted by atomic mass is 9.87. The zero-order chi connectivity index (χ0) is 46.8. The summed E-state index contributed by atoms with van der Waals surface area (Å²) in [5.74, 6) is -1.85.